The number of rotatable bonds is 3. The molecule has 0 aliphatic heterocycles. The summed E-state index contributed by atoms with van der Waals surface area (Å²) in [5.74, 6) is -1.65. The van der Waals surface area contributed by atoms with Gasteiger partial charge < -0.3 is 10.8 Å². The van der Waals surface area contributed by atoms with Gasteiger partial charge in [-0.1, -0.05) is 11.3 Å². The largest absolute Gasteiger partial charge is 0.478 e. The predicted octanol–water partition coefficient (Wildman–Crippen LogP) is -0.385. The van der Waals surface area contributed by atoms with Crippen molar-refractivity contribution in [1.82, 2.24) is 15.0 Å². The number of carbonyl (C=O) groups is 2. The highest BCUT2D eigenvalue weighted by molar-refractivity contribution is 6.00. The standard InChI is InChI=1S/C9H8N4O3/c10-7(14)4-13-6-3-1-2-5(9(15)16)8(6)11-12-13/h1-3H,4H2,(H2,10,14)(H,15,16). The van der Waals surface area contributed by atoms with Crippen molar-refractivity contribution in [2.45, 2.75) is 6.54 Å². The molecule has 0 spiro atoms. The van der Waals surface area contributed by atoms with Crippen molar-refractivity contribution in [3.8, 4) is 0 Å². The van der Waals surface area contributed by atoms with Gasteiger partial charge in [-0.25, -0.2) is 9.48 Å². The Kier molecular flexibility index (Phi) is 2.28. The van der Waals surface area contributed by atoms with Crippen LogP contribution in [0.15, 0.2) is 18.2 Å². The first kappa shape index (κ1) is 10.1. The summed E-state index contributed by atoms with van der Waals surface area (Å²) in [5.41, 5.74) is 5.80. The molecule has 7 nitrogen and oxygen atoms in total. The third-order valence-electron chi connectivity index (χ3n) is 2.08. The predicted molar refractivity (Wildman–Crippen MR) is 53.7 cm³/mol. The number of primary amides is 1. The zero-order valence-electron chi connectivity index (χ0n) is 8.12. The second-order valence-corrected chi connectivity index (χ2v) is 3.19. The molecule has 0 atom stereocenters. The second kappa shape index (κ2) is 3.61. The molecular weight excluding hydrogens is 212 g/mol. The van der Waals surface area contributed by atoms with Gasteiger partial charge in [-0.15, -0.1) is 5.10 Å². The van der Waals surface area contributed by atoms with E-state index >= 15 is 0 Å². The van der Waals surface area contributed by atoms with E-state index in [4.69, 9.17) is 10.8 Å². The maximum Gasteiger partial charge on any atom is 0.338 e. The van der Waals surface area contributed by atoms with Gasteiger partial charge in [0.25, 0.3) is 0 Å². The Bertz CT molecular complexity index is 575. The van der Waals surface area contributed by atoms with Crippen LogP contribution in [0.25, 0.3) is 11.0 Å². The summed E-state index contributed by atoms with van der Waals surface area (Å²) >= 11 is 0. The van der Waals surface area contributed by atoms with Crippen molar-refractivity contribution >= 4 is 22.9 Å². The molecule has 0 radical (unpaired) electrons. The number of amides is 1. The molecule has 2 rings (SSSR count). The van der Waals surface area contributed by atoms with E-state index in [0.29, 0.717) is 5.52 Å². The summed E-state index contributed by atoms with van der Waals surface area (Å²) in [4.78, 5) is 21.6. The van der Waals surface area contributed by atoms with Gasteiger partial charge in [-0.05, 0) is 12.1 Å². The van der Waals surface area contributed by atoms with E-state index in [1.165, 1.54) is 10.7 Å². The highest BCUT2D eigenvalue weighted by Crippen LogP contribution is 2.15. The normalized spacial score (nSPS) is 10.5. The summed E-state index contributed by atoms with van der Waals surface area (Å²) in [6.45, 7) is -0.125. The number of fused-ring (bicyclic) bond motifs is 1. The van der Waals surface area contributed by atoms with Crippen LogP contribution in [0.3, 0.4) is 0 Å². The van der Waals surface area contributed by atoms with Gasteiger partial charge in [0.05, 0.1) is 11.1 Å². The zero-order valence-corrected chi connectivity index (χ0v) is 8.12. The number of carbonyl (C=O) groups excluding carboxylic acids is 1. The third-order valence-corrected chi connectivity index (χ3v) is 2.08. The molecule has 0 aliphatic carbocycles. The Morgan fingerprint density at radius 2 is 2.19 bits per heavy atom. The average Bonchev–Trinajstić information content (AvgIpc) is 2.60. The van der Waals surface area contributed by atoms with Crippen LogP contribution < -0.4 is 5.73 Å². The molecule has 1 heterocycles. The zero-order chi connectivity index (χ0) is 11.7. The number of hydrogen-bond donors (Lipinski definition) is 2. The first-order valence-electron chi connectivity index (χ1n) is 4.43. The van der Waals surface area contributed by atoms with Crippen molar-refractivity contribution in [2.75, 3.05) is 0 Å². The van der Waals surface area contributed by atoms with Gasteiger partial charge >= 0.3 is 5.97 Å². The minimum Gasteiger partial charge on any atom is -0.478 e. The number of benzene rings is 1. The lowest BCUT2D eigenvalue weighted by Crippen LogP contribution is -2.19. The van der Waals surface area contributed by atoms with E-state index in [1.807, 2.05) is 0 Å². The van der Waals surface area contributed by atoms with E-state index in [9.17, 15) is 9.59 Å². The van der Waals surface area contributed by atoms with Crippen LogP contribution in [0.1, 0.15) is 10.4 Å². The maximum atomic E-state index is 10.9. The molecule has 7 heteroatoms. The van der Waals surface area contributed by atoms with E-state index in [2.05, 4.69) is 10.3 Å². The molecule has 16 heavy (non-hydrogen) atoms. The lowest BCUT2D eigenvalue weighted by molar-refractivity contribution is -0.118. The fourth-order valence-electron chi connectivity index (χ4n) is 1.43. The van der Waals surface area contributed by atoms with E-state index in [-0.39, 0.29) is 17.6 Å². The number of hydrogen-bond acceptors (Lipinski definition) is 4. The quantitative estimate of drug-likeness (QED) is 0.732. The molecule has 0 unspecified atom stereocenters. The van der Waals surface area contributed by atoms with Crippen LogP contribution >= 0.6 is 0 Å². The smallest absolute Gasteiger partial charge is 0.338 e. The highest BCUT2D eigenvalue weighted by atomic mass is 16.4. The number of aromatic carboxylic acids is 1. The van der Waals surface area contributed by atoms with Crippen molar-refractivity contribution in [3.63, 3.8) is 0 Å². The fourth-order valence-corrected chi connectivity index (χ4v) is 1.43. The molecule has 1 aromatic heterocycles. The van der Waals surface area contributed by atoms with Crippen molar-refractivity contribution < 1.29 is 14.7 Å². The minimum atomic E-state index is -1.09. The lowest BCUT2D eigenvalue weighted by atomic mass is 10.2. The lowest BCUT2D eigenvalue weighted by Gasteiger charge is -1.98. The number of aromatic nitrogens is 3. The second-order valence-electron chi connectivity index (χ2n) is 3.19. The molecule has 0 saturated heterocycles. The molecule has 0 aliphatic rings. The molecule has 82 valence electrons. The first-order valence-corrected chi connectivity index (χ1v) is 4.43. The van der Waals surface area contributed by atoms with Crippen LogP contribution in [0.5, 0.6) is 0 Å². The molecular formula is C9H8N4O3. The molecule has 0 saturated carbocycles. The molecule has 1 aromatic carbocycles. The van der Waals surface area contributed by atoms with Crippen LogP contribution in [-0.2, 0) is 11.3 Å². The van der Waals surface area contributed by atoms with Crippen LogP contribution in [0.2, 0.25) is 0 Å². The first-order chi connectivity index (χ1) is 7.59. The Balaban J connectivity index is 2.61. The monoisotopic (exact) mass is 220 g/mol. The molecule has 0 bridgehead atoms. The molecule has 2 aromatic rings. The van der Waals surface area contributed by atoms with Gasteiger partial charge in [0, 0.05) is 0 Å². The van der Waals surface area contributed by atoms with Crippen molar-refractivity contribution in [2.24, 2.45) is 5.73 Å². The van der Waals surface area contributed by atoms with Crippen molar-refractivity contribution in [3.05, 3.63) is 23.8 Å². The molecule has 0 fully saturated rings. The van der Waals surface area contributed by atoms with Crippen LogP contribution in [-0.4, -0.2) is 32.0 Å². The SMILES string of the molecule is NC(=O)Cn1nnc2c(C(=O)O)cccc21. The highest BCUT2D eigenvalue weighted by Gasteiger charge is 2.14. The van der Waals surface area contributed by atoms with Gasteiger partial charge in [0.1, 0.15) is 12.1 Å². The van der Waals surface area contributed by atoms with Crippen molar-refractivity contribution in [1.29, 1.82) is 0 Å². The number of nitrogens with zero attached hydrogens (tertiary/aromatic N) is 3. The minimum absolute atomic E-state index is 0.0493. The van der Waals surface area contributed by atoms with Gasteiger partial charge in [-0.2, -0.15) is 0 Å². The van der Waals surface area contributed by atoms with E-state index in [0.717, 1.165) is 0 Å². The van der Waals surface area contributed by atoms with E-state index in [1.54, 1.807) is 12.1 Å². The summed E-state index contributed by atoms with van der Waals surface area (Å²) in [6.07, 6.45) is 0. The Morgan fingerprint density at radius 3 is 2.81 bits per heavy atom. The summed E-state index contributed by atoms with van der Waals surface area (Å²) in [5, 5.41) is 16.3. The number of nitrogens with two attached hydrogens (primary N) is 1. The Morgan fingerprint density at radius 1 is 1.44 bits per heavy atom. The summed E-state index contributed by atoms with van der Waals surface area (Å²) < 4.78 is 1.27. The molecule has 1 amide bonds. The van der Waals surface area contributed by atoms with Gasteiger partial charge in [0.15, 0.2) is 0 Å². The number of carboxylic acid groups (broad SMARTS) is 1. The summed E-state index contributed by atoms with van der Waals surface area (Å²) in [6, 6.07) is 4.62. The third kappa shape index (κ3) is 1.58. The van der Waals surface area contributed by atoms with Crippen LogP contribution in [0, 0.1) is 0 Å². The number of carboxylic acids is 1. The van der Waals surface area contributed by atoms with E-state index < -0.39 is 11.9 Å². The van der Waals surface area contributed by atoms with Gasteiger partial charge in [0.2, 0.25) is 5.91 Å². The Labute approximate surface area is 89.5 Å². The maximum absolute atomic E-state index is 10.9. The topological polar surface area (TPSA) is 111 Å². The Hall–Kier alpha value is -2.44. The van der Waals surface area contributed by atoms with Gasteiger partial charge in [-0.3, -0.25) is 4.79 Å². The molecule has 3 N–H and O–H groups in total. The average molecular weight is 220 g/mol. The fraction of sp³-hybridized carbons (Fsp3) is 0.111. The summed E-state index contributed by atoms with van der Waals surface area (Å²) in [7, 11) is 0. The van der Waals surface area contributed by atoms with Crippen LogP contribution in [0.4, 0.5) is 0 Å².